The fourth-order valence-electron chi connectivity index (χ4n) is 1.74. The molecule has 108 valence electrons. The van der Waals surface area contributed by atoms with Gasteiger partial charge >= 0.3 is 0 Å². The molecule has 0 bridgehead atoms. The number of nitrogens with one attached hydrogen (secondary N) is 2. The van der Waals surface area contributed by atoms with Gasteiger partial charge in [-0.05, 0) is 55.5 Å². The van der Waals surface area contributed by atoms with E-state index >= 15 is 0 Å². The molecule has 0 aliphatic rings. The molecule has 2 aromatic carbocycles. The van der Waals surface area contributed by atoms with Gasteiger partial charge in [0, 0.05) is 16.9 Å². The van der Waals surface area contributed by atoms with Gasteiger partial charge in [-0.2, -0.15) is 0 Å². The number of carbonyl (C=O) groups is 2. The first kappa shape index (κ1) is 14.7. The zero-order chi connectivity index (χ0) is 15.2. The average Bonchev–Trinajstić information content (AvgIpc) is 2.47. The minimum absolute atomic E-state index is 0.0224. The van der Waals surface area contributed by atoms with E-state index in [4.69, 9.17) is 0 Å². The minimum Gasteiger partial charge on any atom is -0.376 e. The molecular formula is C16H15FN2O2. The first-order valence-electron chi connectivity index (χ1n) is 6.45. The molecule has 0 spiro atoms. The number of amides is 1. The van der Waals surface area contributed by atoms with Crippen LogP contribution in [-0.4, -0.2) is 18.2 Å². The Kier molecular flexibility index (Phi) is 4.66. The van der Waals surface area contributed by atoms with Crippen LogP contribution in [0.5, 0.6) is 0 Å². The molecule has 0 fully saturated rings. The molecule has 2 rings (SSSR count). The van der Waals surface area contributed by atoms with Gasteiger partial charge in [0.25, 0.3) is 0 Å². The Morgan fingerprint density at radius 3 is 2.10 bits per heavy atom. The van der Waals surface area contributed by atoms with Gasteiger partial charge in [0.15, 0.2) is 5.78 Å². The zero-order valence-electron chi connectivity index (χ0n) is 11.5. The fraction of sp³-hybridized carbons (Fsp3) is 0.125. The predicted molar refractivity (Wildman–Crippen MR) is 80.0 cm³/mol. The molecule has 0 saturated carbocycles. The van der Waals surface area contributed by atoms with E-state index in [-0.39, 0.29) is 24.1 Å². The number of Topliss-reactive ketones (excluding diaryl/α,β-unsaturated/α-hetero) is 1. The molecule has 21 heavy (non-hydrogen) atoms. The third-order valence-corrected chi connectivity index (χ3v) is 2.87. The molecule has 1 amide bonds. The van der Waals surface area contributed by atoms with E-state index in [1.165, 1.54) is 19.1 Å². The van der Waals surface area contributed by atoms with Gasteiger partial charge in [-0.25, -0.2) is 4.39 Å². The first-order chi connectivity index (χ1) is 10.0. The summed E-state index contributed by atoms with van der Waals surface area (Å²) in [6.07, 6.45) is 0. The Bertz CT molecular complexity index is 636. The lowest BCUT2D eigenvalue weighted by molar-refractivity contribution is -0.114. The fourth-order valence-corrected chi connectivity index (χ4v) is 1.74. The van der Waals surface area contributed by atoms with Gasteiger partial charge in [0.2, 0.25) is 5.91 Å². The molecule has 0 radical (unpaired) electrons. The number of halogens is 1. The molecule has 0 aliphatic heterocycles. The molecule has 0 saturated heterocycles. The number of anilines is 2. The number of hydrogen-bond donors (Lipinski definition) is 2. The van der Waals surface area contributed by atoms with Crippen LogP contribution in [0.2, 0.25) is 0 Å². The van der Waals surface area contributed by atoms with Crippen molar-refractivity contribution in [2.75, 3.05) is 17.2 Å². The maximum Gasteiger partial charge on any atom is 0.243 e. The van der Waals surface area contributed by atoms with Gasteiger partial charge in [0.1, 0.15) is 5.82 Å². The highest BCUT2D eigenvalue weighted by atomic mass is 19.1. The Morgan fingerprint density at radius 2 is 1.52 bits per heavy atom. The number of ketones is 1. The highest BCUT2D eigenvalue weighted by Gasteiger charge is 2.04. The van der Waals surface area contributed by atoms with Gasteiger partial charge in [-0.3, -0.25) is 9.59 Å². The van der Waals surface area contributed by atoms with Crippen LogP contribution in [-0.2, 0) is 4.79 Å². The topological polar surface area (TPSA) is 58.2 Å². The highest BCUT2D eigenvalue weighted by Crippen LogP contribution is 2.11. The van der Waals surface area contributed by atoms with Crippen LogP contribution in [0, 0.1) is 5.82 Å². The molecular weight excluding hydrogens is 271 g/mol. The van der Waals surface area contributed by atoms with Crippen molar-refractivity contribution in [3.05, 3.63) is 59.9 Å². The van der Waals surface area contributed by atoms with Crippen molar-refractivity contribution in [2.45, 2.75) is 6.92 Å². The van der Waals surface area contributed by atoms with E-state index < -0.39 is 0 Å². The van der Waals surface area contributed by atoms with E-state index in [9.17, 15) is 14.0 Å². The first-order valence-corrected chi connectivity index (χ1v) is 6.45. The largest absolute Gasteiger partial charge is 0.376 e. The van der Waals surface area contributed by atoms with Crippen molar-refractivity contribution in [1.29, 1.82) is 0 Å². The quantitative estimate of drug-likeness (QED) is 0.830. The van der Waals surface area contributed by atoms with Gasteiger partial charge in [-0.15, -0.1) is 0 Å². The minimum atomic E-state index is -0.324. The second kappa shape index (κ2) is 6.65. The summed E-state index contributed by atoms with van der Waals surface area (Å²) in [5.41, 5.74) is 1.88. The van der Waals surface area contributed by atoms with Crippen LogP contribution < -0.4 is 10.6 Å². The molecule has 0 aromatic heterocycles. The van der Waals surface area contributed by atoms with Crippen LogP contribution in [0.15, 0.2) is 48.5 Å². The van der Waals surface area contributed by atoms with Crippen LogP contribution in [0.4, 0.5) is 15.8 Å². The summed E-state index contributed by atoms with van der Waals surface area (Å²) < 4.78 is 12.7. The monoisotopic (exact) mass is 286 g/mol. The normalized spacial score (nSPS) is 10.0. The third kappa shape index (κ3) is 4.42. The molecule has 0 atom stereocenters. The molecule has 2 N–H and O–H groups in total. The summed E-state index contributed by atoms with van der Waals surface area (Å²) in [6, 6.07) is 12.4. The summed E-state index contributed by atoms with van der Waals surface area (Å²) >= 11 is 0. The summed E-state index contributed by atoms with van der Waals surface area (Å²) in [5.74, 6) is -0.573. The van der Waals surface area contributed by atoms with E-state index in [2.05, 4.69) is 10.6 Å². The Balaban J connectivity index is 1.86. The molecule has 2 aromatic rings. The van der Waals surface area contributed by atoms with Crippen LogP contribution in [0.3, 0.4) is 0 Å². The van der Waals surface area contributed by atoms with E-state index in [1.807, 2.05) is 0 Å². The second-order valence-corrected chi connectivity index (χ2v) is 4.54. The smallest absolute Gasteiger partial charge is 0.243 e. The molecule has 0 heterocycles. The molecule has 5 heteroatoms. The lowest BCUT2D eigenvalue weighted by Gasteiger charge is -2.08. The van der Waals surface area contributed by atoms with Crippen molar-refractivity contribution in [3.8, 4) is 0 Å². The van der Waals surface area contributed by atoms with Gasteiger partial charge < -0.3 is 10.6 Å². The average molecular weight is 286 g/mol. The second-order valence-electron chi connectivity index (χ2n) is 4.54. The lowest BCUT2D eigenvalue weighted by atomic mass is 10.1. The lowest BCUT2D eigenvalue weighted by Crippen LogP contribution is -2.21. The highest BCUT2D eigenvalue weighted by molar-refractivity contribution is 5.96. The molecule has 0 unspecified atom stereocenters. The van der Waals surface area contributed by atoms with Crippen LogP contribution >= 0.6 is 0 Å². The number of carbonyl (C=O) groups excluding carboxylic acids is 2. The number of benzene rings is 2. The van der Waals surface area contributed by atoms with E-state index in [1.54, 1.807) is 36.4 Å². The van der Waals surface area contributed by atoms with Gasteiger partial charge in [-0.1, -0.05) is 0 Å². The summed E-state index contributed by atoms with van der Waals surface area (Å²) in [7, 11) is 0. The van der Waals surface area contributed by atoms with Crippen molar-refractivity contribution >= 4 is 23.1 Å². The predicted octanol–water partition coefficient (Wildman–Crippen LogP) is 3.08. The standard InChI is InChI=1S/C16H15FN2O2/c1-11(20)12-2-6-15(7-3-12)19-16(21)10-18-14-8-4-13(17)5-9-14/h2-9,18H,10H2,1H3,(H,19,21). The van der Waals surface area contributed by atoms with E-state index in [0.717, 1.165) is 0 Å². The van der Waals surface area contributed by atoms with E-state index in [0.29, 0.717) is 16.9 Å². The zero-order valence-corrected chi connectivity index (χ0v) is 11.5. The third-order valence-electron chi connectivity index (χ3n) is 2.87. The number of rotatable bonds is 5. The van der Waals surface area contributed by atoms with Crippen molar-refractivity contribution < 1.29 is 14.0 Å². The number of hydrogen-bond acceptors (Lipinski definition) is 3. The maximum absolute atomic E-state index is 12.7. The van der Waals surface area contributed by atoms with Crippen LogP contribution in [0.1, 0.15) is 17.3 Å². The van der Waals surface area contributed by atoms with Crippen LogP contribution in [0.25, 0.3) is 0 Å². The van der Waals surface area contributed by atoms with Gasteiger partial charge in [0.05, 0.1) is 6.54 Å². The van der Waals surface area contributed by atoms with Crippen molar-refractivity contribution in [3.63, 3.8) is 0 Å². The Morgan fingerprint density at radius 1 is 0.952 bits per heavy atom. The van der Waals surface area contributed by atoms with Crippen molar-refractivity contribution in [2.24, 2.45) is 0 Å². The Hall–Kier alpha value is -2.69. The maximum atomic E-state index is 12.7. The Labute approximate surface area is 122 Å². The molecule has 0 aliphatic carbocycles. The summed E-state index contributed by atoms with van der Waals surface area (Å²) in [6.45, 7) is 1.56. The molecule has 4 nitrogen and oxygen atoms in total. The SMILES string of the molecule is CC(=O)c1ccc(NC(=O)CNc2ccc(F)cc2)cc1. The van der Waals surface area contributed by atoms with Crippen molar-refractivity contribution in [1.82, 2.24) is 0 Å². The summed E-state index contributed by atoms with van der Waals surface area (Å²) in [4.78, 5) is 22.9. The summed E-state index contributed by atoms with van der Waals surface area (Å²) in [5, 5.41) is 5.59.